The van der Waals surface area contributed by atoms with Gasteiger partial charge in [-0.15, -0.1) is 0 Å². The molecule has 0 saturated carbocycles. The van der Waals surface area contributed by atoms with Crippen molar-refractivity contribution in [1.29, 1.82) is 0 Å². The molecule has 0 radical (unpaired) electrons. The van der Waals surface area contributed by atoms with Gasteiger partial charge in [0, 0.05) is 20.1 Å². The second-order valence-electron chi connectivity index (χ2n) is 4.32. The van der Waals surface area contributed by atoms with Crippen molar-refractivity contribution in [2.24, 2.45) is 4.99 Å². The van der Waals surface area contributed by atoms with E-state index >= 15 is 0 Å². The fraction of sp³-hybridized carbons (Fsp3) is 0.500. The summed E-state index contributed by atoms with van der Waals surface area (Å²) in [5.74, 6) is 0. The Hall–Kier alpha value is -1.39. The quantitative estimate of drug-likeness (QED) is 0.309. The number of aliphatic imine (C=N–C) groups is 1. The van der Waals surface area contributed by atoms with Crippen LogP contribution in [-0.4, -0.2) is 50.5 Å². The van der Waals surface area contributed by atoms with Crippen LogP contribution in [0.5, 0.6) is 0 Å². The lowest BCUT2D eigenvalue weighted by atomic mass is 10.2. The van der Waals surface area contributed by atoms with Crippen molar-refractivity contribution in [1.82, 2.24) is 15.3 Å². The molecule has 4 heteroatoms. The molecule has 102 valence electrons. The highest BCUT2D eigenvalue weighted by Gasteiger charge is 1.99. The van der Waals surface area contributed by atoms with Crippen molar-refractivity contribution >= 4 is 6.34 Å². The van der Waals surface area contributed by atoms with Crippen LogP contribution in [0.4, 0.5) is 0 Å². The van der Waals surface area contributed by atoms with E-state index in [1.54, 1.807) is 6.34 Å². The van der Waals surface area contributed by atoms with Crippen LogP contribution in [0, 0.1) is 0 Å². The van der Waals surface area contributed by atoms with E-state index in [1.165, 1.54) is 0 Å². The van der Waals surface area contributed by atoms with E-state index in [-0.39, 0.29) is 0 Å². The Morgan fingerprint density at radius 3 is 2.44 bits per heavy atom. The van der Waals surface area contributed by atoms with Gasteiger partial charge < -0.3 is 4.90 Å². The first-order valence-corrected chi connectivity index (χ1v) is 6.13. The van der Waals surface area contributed by atoms with Crippen molar-refractivity contribution in [2.75, 3.05) is 34.2 Å². The van der Waals surface area contributed by atoms with Gasteiger partial charge in [0.25, 0.3) is 0 Å². The van der Waals surface area contributed by atoms with Crippen molar-refractivity contribution in [3.05, 3.63) is 36.1 Å². The Morgan fingerprint density at radius 1 is 1.33 bits per heavy atom. The number of hydrogen-bond donors (Lipinski definition) is 1. The average Bonchev–Trinajstić information content (AvgIpc) is 2.32. The zero-order valence-corrected chi connectivity index (χ0v) is 12.3. The minimum Gasteiger partial charge on any atom is -0.308 e. The molecule has 0 bridgehead atoms. The van der Waals surface area contributed by atoms with Gasteiger partial charge in [0.1, 0.15) is 6.34 Å². The van der Waals surface area contributed by atoms with Gasteiger partial charge in [0.2, 0.25) is 0 Å². The van der Waals surface area contributed by atoms with Gasteiger partial charge in [-0.25, -0.2) is 10.4 Å². The summed E-state index contributed by atoms with van der Waals surface area (Å²) in [6.45, 7) is 9.70. The first kappa shape index (κ1) is 16.6. The van der Waals surface area contributed by atoms with Crippen molar-refractivity contribution in [3.8, 4) is 0 Å². The Bertz CT molecular complexity index is 327. The van der Waals surface area contributed by atoms with E-state index in [9.17, 15) is 0 Å². The monoisotopic (exact) mass is 250 g/mol. The lowest BCUT2D eigenvalue weighted by Crippen LogP contribution is -2.38. The molecule has 0 aromatic rings. The average molecular weight is 250 g/mol. The van der Waals surface area contributed by atoms with Gasteiger partial charge in [-0.05, 0) is 39.6 Å². The third-order valence-electron chi connectivity index (χ3n) is 2.30. The molecule has 0 amide bonds. The fourth-order valence-electron chi connectivity index (χ4n) is 1.15. The lowest BCUT2D eigenvalue weighted by molar-refractivity contribution is 0.293. The van der Waals surface area contributed by atoms with E-state index in [0.717, 1.165) is 24.4 Å². The van der Waals surface area contributed by atoms with Crippen LogP contribution in [0.3, 0.4) is 0 Å². The molecule has 0 aromatic heterocycles. The highest BCUT2D eigenvalue weighted by Crippen LogP contribution is 2.07. The van der Waals surface area contributed by atoms with E-state index in [0.29, 0.717) is 0 Å². The van der Waals surface area contributed by atoms with E-state index in [2.05, 4.69) is 36.0 Å². The molecule has 4 nitrogen and oxygen atoms in total. The SMILES string of the molecule is C=C(C)/C(=C\C=C/C)N=CN(CCN(C)C)NC. The minimum atomic E-state index is 0.875. The van der Waals surface area contributed by atoms with Crippen LogP contribution < -0.4 is 5.43 Å². The Balaban J connectivity index is 4.58. The standard InChI is InChI=1S/C14H26N4/c1-7-8-9-14(13(2)3)16-12-18(15-4)11-10-17(5)6/h7-9,12,15H,2,10-11H2,1,3-6H3/b8-7-,14-9+,16-12?. The predicted molar refractivity (Wildman–Crippen MR) is 80.5 cm³/mol. The summed E-state index contributed by atoms with van der Waals surface area (Å²) < 4.78 is 0. The topological polar surface area (TPSA) is 30.9 Å². The number of allylic oxidation sites excluding steroid dienone is 4. The minimum absolute atomic E-state index is 0.875. The summed E-state index contributed by atoms with van der Waals surface area (Å²) in [5, 5.41) is 1.95. The predicted octanol–water partition coefficient (Wildman–Crippen LogP) is 2.05. The van der Waals surface area contributed by atoms with Crippen LogP contribution >= 0.6 is 0 Å². The Labute approximate surface area is 111 Å². The maximum absolute atomic E-state index is 4.44. The molecule has 18 heavy (non-hydrogen) atoms. The van der Waals surface area contributed by atoms with Gasteiger partial charge in [0.15, 0.2) is 0 Å². The first-order chi connectivity index (χ1) is 8.51. The summed E-state index contributed by atoms with van der Waals surface area (Å²) in [4.78, 5) is 6.57. The molecule has 0 fully saturated rings. The molecular formula is C14H26N4. The van der Waals surface area contributed by atoms with Gasteiger partial charge in [-0.1, -0.05) is 18.7 Å². The molecular weight excluding hydrogens is 224 g/mol. The summed E-state index contributed by atoms with van der Waals surface area (Å²) in [5.41, 5.74) is 4.93. The first-order valence-electron chi connectivity index (χ1n) is 6.13. The van der Waals surface area contributed by atoms with Crippen LogP contribution in [0.2, 0.25) is 0 Å². The molecule has 0 unspecified atom stereocenters. The van der Waals surface area contributed by atoms with Crippen LogP contribution in [-0.2, 0) is 0 Å². The molecule has 0 aromatic carbocycles. The van der Waals surface area contributed by atoms with Crippen LogP contribution in [0.15, 0.2) is 41.1 Å². The van der Waals surface area contributed by atoms with E-state index < -0.39 is 0 Å². The lowest BCUT2D eigenvalue weighted by Gasteiger charge is -2.20. The summed E-state index contributed by atoms with van der Waals surface area (Å²) in [7, 11) is 5.99. The van der Waals surface area contributed by atoms with E-state index in [4.69, 9.17) is 0 Å². The summed E-state index contributed by atoms with van der Waals surface area (Å²) in [6.07, 6.45) is 7.69. The second-order valence-corrected chi connectivity index (χ2v) is 4.32. The fourth-order valence-corrected chi connectivity index (χ4v) is 1.15. The van der Waals surface area contributed by atoms with Crippen molar-refractivity contribution in [2.45, 2.75) is 13.8 Å². The molecule has 0 rings (SSSR count). The molecule has 0 aliphatic carbocycles. The van der Waals surface area contributed by atoms with Gasteiger partial charge in [-0.3, -0.25) is 5.01 Å². The highest BCUT2D eigenvalue weighted by molar-refractivity contribution is 5.57. The van der Waals surface area contributed by atoms with Crippen LogP contribution in [0.25, 0.3) is 0 Å². The van der Waals surface area contributed by atoms with Crippen molar-refractivity contribution in [3.63, 3.8) is 0 Å². The third-order valence-corrected chi connectivity index (χ3v) is 2.30. The summed E-state index contributed by atoms with van der Waals surface area (Å²) >= 11 is 0. The smallest absolute Gasteiger partial charge is 0.105 e. The molecule has 0 saturated heterocycles. The molecule has 0 aliphatic rings. The Morgan fingerprint density at radius 2 is 2.00 bits per heavy atom. The molecule has 0 atom stereocenters. The highest BCUT2D eigenvalue weighted by atomic mass is 15.5. The number of hydrogen-bond acceptors (Lipinski definition) is 3. The second kappa shape index (κ2) is 9.62. The summed E-state index contributed by atoms with van der Waals surface area (Å²) in [6, 6.07) is 0. The van der Waals surface area contributed by atoms with Crippen LogP contribution in [0.1, 0.15) is 13.8 Å². The number of hydrazine groups is 1. The Kier molecular flexibility index (Phi) is 8.88. The largest absolute Gasteiger partial charge is 0.308 e. The van der Waals surface area contributed by atoms with Crippen molar-refractivity contribution < 1.29 is 0 Å². The number of likely N-dealkylation sites (N-methyl/N-ethyl adjacent to an activating group) is 1. The zero-order valence-electron chi connectivity index (χ0n) is 12.3. The molecule has 1 N–H and O–H groups in total. The molecule has 0 heterocycles. The van der Waals surface area contributed by atoms with E-state index in [1.807, 2.05) is 44.1 Å². The zero-order chi connectivity index (χ0) is 14.0. The van der Waals surface area contributed by atoms with Gasteiger partial charge in [0.05, 0.1) is 5.70 Å². The normalized spacial score (nSPS) is 12.9. The van der Waals surface area contributed by atoms with Gasteiger partial charge >= 0.3 is 0 Å². The number of rotatable bonds is 8. The molecule has 0 spiro atoms. The molecule has 0 aliphatic heterocycles. The number of nitrogens with one attached hydrogen (secondary N) is 1. The maximum Gasteiger partial charge on any atom is 0.105 e. The third kappa shape index (κ3) is 7.81. The van der Waals surface area contributed by atoms with Gasteiger partial charge in [-0.2, -0.15) is 0 Å². The number of nitrogens with zero attached hydrogens (tertiary/aromatic N) is 3. The maximum atomic E-state index is 4.44.